The lowest BCUT2D eigenvalue weighted by Gasteiger charge is -2.10. The SMILES string of the molecule is Fc1cc(CNCCC2CCCO2)ccc1Cl. The lowest BCUT2D eigenvalue weighted by Crippen LogP contribution is -2.19. The lowest BCUT2D eigenvalue weighted by molar-refractivity contribution is 0.104. The zero-order valence-corrected chi connectivity index (χ0v) is 10.5. The minimum Gasteiger partial charge on any atom is -0.378 e. The van der Waals surface area contributed by atoms with Crippen LogP contribution in [0.5, 0.6) is 0 Å². The monoisotopic (exact) mass is 257 g/mol. The van der Waals surface area contributed by atoms with Crippen molar-refractivity contribution in [1.29, 1.82) is 0 Å². The summed E-state index contributed by atoms with van der Waals surface area (Å²) in [6, 6.07) is 4.90. The molecule has 0 radical (unpaired) electrons. The molecule has 0 saturated carbocycles. The maximum absolute atomic E-state index is 13.2. The highest BCUT2D eigenvalue weighted by molar-refractivity contribution is 6.30. The summed E-state index contributed by atoms with van der Waals surface area (Å²) in [7, 11) is 0. The molecule has 1 aliphatic rings. The molecular weight excluding hydrogens is 241 g/mol. The van der Waals surface area contributed by atoms with Crippen LogP contribution in [0.2, 0.25) is 5.02 Å². The molecule has 0 aliphatic carbocycles. The largest absolute Gasteiger partial charge is 0.378 e. The fourth-order valence-electron chi connectivity index (χ4n) is 2.02. The molecule has 1 unspecified atom stereocenters. The van der Waals surface area contributed by atoms with Gasteiger partial charge in [-0.25, -0.2) is 4.39 Å². The van der Waals surface area contributed by atoms with Gasteiger partial charge in [0.25, 0.3) is 0 Å². The van der Waals surface area contributed by atoms with Gasteiger partial charge in [0.05, 0.1) is 11.1 Å². The average Bonchev–Trinajstić information content (AvgIpc) is 2.82. The third-order valence-electron chi connectivity index (χ3n) is 2.98. The van der Waals surface area contributed by atoms with Gasteiger partial charge in [0, 0.05) is 13.2 Å². The van der Waals surface area contributed by atoms with Gasteiger partial charge in [-0.05, 0) is 43.5 Å². The maximum Gasteiger partial charge on any atom is 0.142 e. The molecule has 1 fully saturated rings. The van der Waals surface area contributed by atoms with E-state index in [1.54, 1.807) is 6.07 Å². The van der Waals surface area contributed by atoms with Crippen molar-refractivity contribution in [1.82, 2.24) is 5.32 Å². The van der Waals surface area contributed by atoms with Crippen LogP contribution < -0.4 is 5.32 Å². The standard InChI is InChI=1S/C13H17ClFNO/c14-12-4-3-10(8-13(12)15)9-16-6-5-11-2-1-7-17-11/h3-4,8,11,16H,1-2,5-7,9H2. The average molecular weight is 258 g/mol. The minimum atomic E-state index is -0.356. The Morgan fingerprint density at radius 2 is 2.35 bits per heavy atom. The Bertz CT molecular complexity index is 366. The Morgan fingerprint density at radius 3 is 3.06 bits per heavy atom. The molecule has 1 heterocycles. The van der Waals surface area contributed by atoms with E-state index in [-0.39, 0.29) is 10.8 Å². The van der Waals surface area contributed by atoms with E-state index in [4.69, 9.17) is 16.3 Å². The second kappa shape index (κ2) is 6.34. The van der Waals surface area contributed by atoms with Crippen molar-refractivity contribution in [3.05, 3.63) is 34.6 Å². The highest BCUT2D eigenvalue weighted by atomic mass is 35.5. The molecule has 0 spiro atoms. The van der Waals surface area contributed by atoms with Crippen molar-refractivity contribution in [2.75, 3.05) is 13.2 Å². The van der Waals surface area contributed by atoms with Crippen LogP contribution in [0.3, 0.4) is 0 Å². The van der Waals surface area contributed by atoms with Gasteiger partial charge >= 0.3 is 0 Å². The molecule has 94 valence electrons. The van der Waals surface area contributed by atoms with Crippen LogP contribution in [0.1, 0.15) is 24.8 Å². The van der Waals surface area contributed by atoms with E-state index < -0.39 is 0 Å². The fraction of sp³-hybridized carbons (Fsp3) is 0.538. The minimum absolute atomic E-state index is 0.174. The van der Waals surface area contributed by atoms with E-state index in [2.05, 4.69) is 5.32 Å². The quantitative estimate of drug-likeness (QED) is 0.819. The highest BCUT2D eigenvalue weighted by Gasteiger charge is 2.14. The van der Waals surface area contributed by atoms with Crippen LogP contribution in [0.25, 0.3) is 0 Å². The first-order valence-electron chi connectivity index (χ1n) is 6.02. The number of ether oxygens (including phenoxy) is 1. The summed E-state index contributed by atoms with van der Waals surface area (Å²) in [5.41, 5.74) is 0.916. The molecule has 1 atom stereocenters. The predicted octanol–water partition coefficient (Wildman–Crippen LogP) is 3.14. The van der Waals surface area contributed by atoms with E-state index in [1.807, 2.05) is 6.07 Å². The highest BCUT2D eigenvalue weighted by Crippen LogP contribution is 2.16. The molecule has 4 heteroatoms. The Hall–Kier alpha value is -0.640. The predicted molar refractivity (Wildman–Crippen MR) is 66.7 cm³/mol. The van der Waals surface area contributed by atoms with Crippen LogP contribution in [0.15, 0.2) is 18.2 Å². The third-order valence-corrected chi connectivity index (χ3v) is 3.29. The summed E-state index contributed by atoms with van der Waals surface area (Å²) >= 11 is 5.62. The number of rotatable bonds is 5. The van der Waals surface area contributed by atoms with Crippen molar-refractivity contribution >= 4 is 11.6 Å². The van der Waals surface area contributed by atoms with Gasteiger partial charge in [-0.2, -0.15) is 0 Å². The number of nitrogens with one attached hydrogen (secondary N) is 1. The molecule has 17 heavy (non-hydrogen) atoms. The van der Waals surface area contributed by atoms with Gasteiger partial charge in [0.15, 0.2) is 0 Å². The van der Waals surface area contributed by atoms with Gasteiger partial charge in [-0.1, -0.05) is 17.7 Å². The number of halogens is 2. The Kier molecular flexibility index (Phi) is 4.77. The third kappa shape index (κ3) is 3.95. The molecule has 1 saturated heterocycles. The van der Waals surface area contributed by atoms with Gasteiger partial charge in [-0.3, -0.25) is 0 Å². The number of benzene rings is 1. The number of hydrogen-bond acceptors (Lipinski definition) is 2. The summed E-state index contributed by atoms with van der Waals surface area (Å²) in [5.74, 6) is -0.356. The molecule has 1 aromatic rings. The second-order valence-corrected chi connectivity index (χ2v) is 4.76. The normalized spacial score (nSPS) is 19.8. The van der Waals surface area contributed by atoms with Crippen LogP contribution in [-0.4, -0.2) is 19.3 Å². The smallest absolute Gasteiger partial charge is 0.142 e. The molecule has 1 N–H and O–H groups in total. The topological polar surface area (TPSA) is 21.3 Å². The zero-order valence-electron chi connectivity index (χ0n) is 9.72. The summed E-state index contributed by atoms with van der Waals surface area (Å²) < 4.78 is 18.7. The Morgan fingerprint density at radius 1 is 1.47 bits per heavy atom. The molecule has 2 nitrogen and oxygen atoms in total. The molecule has 2 rings (SSSR count). The summed E-state index contributed by atoms with van der Waals surface area (Å²) in [4.78, 5) is 0. The molecular formula is C13H17ClFNO. The molecule has 0 amide bonds. The second-order valence-electron chi connectivity index (χ2n) is 4.35. The van der Waals surface area contributed by atoms with E-state index in [9.17, 15) is 4.39 Å². The van der Waals surface area contributed by atoms with Crippen molar-refractivity contribution in [2.45, 2.75) is 31.9 Å². The van der Waals surface area contributed by atoms with E-state index in [1.165, 1.54) is 12.5 Å². The Labute approximate surface area is 106 Å². The fourth-order valence-corrected chi connectivity index (χ4v) is 2.13. The van der Waals surface area contributed by atoms with E-state index >= 15 is 0 Å². The molecule has 1 aliphatic heterocycles. The maximum atomic E-state index is 13.2. The summed E-state index contributed by atoms with van der Waals surface area (Å²) in [6.45, 7) is 2.46. The summed E-state index contributed by atoms with van der Waals surface area (Å²) in [6.07, 6.45) is 3.77. The van der Waals surface area contributed by atoms with Crippen molar-refractivity contribution in [3.63, 3.8) is 0 Å². The van der Waals surface area contributed by atoms with Crippen molar-refractivity contribution in [2.24, 2.45) is 0 Å². The van der Waals surface area contributed by atoms with Gasteiger partial charge in [0.2, 0.25) is 0 Å². The van der Waals surface area contributed by atoms with Crippen LogP contribution >= 0.6 is 11.6 Å². The van der Waals surface area contributed by atoms with Crippen molar-refractivity contribution in [3.8, 4) is 0 Å². The first kappa shape index (κ1) is 12.8. The first-order chi connectivity index (χ1) is 8.25. The summed E-state index contributed by atoms with van der Waals surface area (Å²) in [5, 5.41) is 3.46. The van der Waals surface area contributed by atoms with Gasteiger partial charge < -0.3 is 10.1 Å². The molecule has 0 bridgehead atoms. The van der Waals surface area contributed by atoms with Crippen LogP contribution in [0, 0.1) is 5.82 Å². The first-order valence-corrected chi connectivity index (χ1v) is 6.40. The van der Waals surface area contributed by atoms with Gasteiger partial charge in [-0.15, -0.1) is 0 Å². The van der Waals surface area contributed by atoms with Gasteiger partial charge in [0.1, 0.15) is 5.82 Å². The Balaban J connectivity index is 1.68. The van der Waals surface area contributed by atoms with Crippen LogP contribution in [0.4, 0.5) is 4.39 Å². The zero-order chi connectivity index (χ0) is 12.1. The van der Waals surface area contributed by atoms with Crippen LogP contribution in [-0.2, 0) is 11.3 Å². The van der Waals surface area contributed by atoms with E-state index in [0.717, 1.165) is 31.6 Å². The lowest BCUT2D eigenvalue weighted by atomic mass is 10.2. The molecule has 0 aromatic heterocycles. The van der Waals surface area contributed by atoms with Crippen molar-refractivity contribution < 1.29 is 9.13 Å². The number of hydrogen-bond donors (Lipinski definition) is 1. The van der Waals surface area contributed by atoms with E-state index in [0.29, 0.717) is 12.6 Å². The molecule has 1 aromatic carbocycles.